The monoisotopic (exact) mass is 448 g/mol. The van der Waals surface area contributed by atoms with Crippen LogP contribution in [0.3, 0.4) is 0 Å². The van der Waals surface area contributed by atoms with Crippen LogP contribution in [-0.2, 0) is 16.0 Å². The van der Waals surface area contributed by atoms with Crippen molar-refractivity contribution in [3.8, 4) is 0 Å². The molecule has 12 heteroatoms. The number of para-hydroxylation sites is 1. The number of aromatic amines is 2. The fourth-order valence-corrected chi connectivity index (χ4v) is 3.36. The molecule has 1 aromatic carbocycles. The molecule has 5 unspecified atom stereocenters. The van der Waals surface area contributed by atoms with Crippen LogP contribution in [-0.4, -0.2) is 71.9 Å². The summed E-state index contributed by atoms with van der Waals surface area (Å²) in [5.41, 5.74) is 6.11. The van der Waals surface area contributed by atoms with Crippen LogP contribution in [0.15, 0.2) is 52.3 Å². The Balaban J connectivity index is 0.000000182. The number of fused-ring (bicyclic) bond motifs is 1. The van der Waals surface area contributed by atoms with E-state index in [0.29, 0.717) is 6.42 Å². The van der Waals surface area contributed by atoms with Gasteiger partial charge in [0.2, 0.25) is 0 Å². The number of hydrogen-bond donors (Lipinski definition) is 7. The zero-order valence-corrected chi connectivity index (χ0v) is 16.8. The number of benzene rings is 1. The highest BCUT2D eigenvalue weighted by Gasteiger charge is 2.43. The van der Waals surface area contributed by atoms with Crippen LogP contribution in [0.4, 0.5) is 0 Å². The van der Waals surface area contributed by atoms with Crippen molar-refractivity contribution < 1.29 is 30.0 Å². The first kappa shape index (κ1) is 23.4. The number of nitrogens with two attached hydrogens (primary N) is 1. The third-order valence-electron chi connectivity index (χ3n) is 5.07. The Labute approximate surface area is 180 Å². The van der Waals surface area contributed by atoms with Crippen molar-refractivity contribution in [3.05, 3.63) is 69.1 Å². The molecule has 1 aliphatic heterocycles. The Kier molecular flexibility index (Phi) is 7.22. The number of aliphatic hydroxyl groups is 3. The van der Waals surface area contributed by atoms with Gasteiger partial charge in [0.05, 0.1) is 6.61 Å². The summed E-state index contributed by atoms with van der Waals surface area (Å²) in [6.07, 6.45) is -1.42. The van der Waals surface area contributed by atoms with Crippen molar-refractivity contribution in [3.63, 3.8) is 0 Å². The molecule has 4 rings (SSSR count). The first-order valence-corrected chi connectivity index (χ1v) is 9.70. The number of H-pyrrole nitrogens is 2. The van der Waals surface area contributed by atoms with Gasteiger partial charge in [-0.1, -0.05) is 18.2 Å². The van der Waals surface area contributed by atoms with Crippen molar-refractivity contribution >= 4 is 16.9 Å². The van der Waals surface area contributed by atoms with E-state index in [1.165, 1.54) is 0 Å². The van der Waals surface area contributed by atoms with E-state index in [1.54, 1.807) is 0 Å². The van der Waals surface area contributed by atoms with Gasteiger partial charge >= 0.3 is 11.7 Å². The molecule has 5 atom stereocenters. The van der Waals surface area contributed by atoms with Gasteiger partial charge in [0.15, 0.2) is 6.23 Å². The minimum atomic E-state index is -1.35. The Morgan fingerprint density at radius 1 is 1.19 bits per heavy atom. The van der Waals surface area contributed by atoms with E-state index in [2.05, 4.69) is 4.98 Å². The average Bonchev–Trinajstić information content (AvgIpc) is 3.30. The number of carboxylic acids is 1. The standard InChI is InChI=1S/C11H12N2O2.C9H12N2O6/c12-9(11(14)15)5-7-6-13-10-4-2-1-3-8(7)10;12-3-4-6(14)7(15)8(17-4)11-2-1-5(13)10-9(11)16/h1-4,6,9,13H,5,12H2,(H,14,15);1-2,4,6-8,12,14-15H,3H2,(H,10,13,16). The van der Waals surface area contributed by atoms with Crippen molar-refractivity contribution in [1.29, 1.82) is 0 Å². The van der Waals surface area contributed by atoms with Gasteiger partial charge in [0.25, 0.3) is 5.56 Å². The molecule has 172 valence electrons. The summed E-state index contributed by atoms with van der Waals surface area (Å²) in [5.74, 6) is -0.972. The van der Waals surface area contributed by atoms with E-state index in [1.807, 2.05) is 35.4 Å². The van der Waals surface area contributed by atoms with Crippen molar-refractivity contribution in [2.75, 3.05) is 6.61 Å². The number of nitrogens with zero attached hydrogens (tertiary/aromatic N) is 1. The molecular weight excluding hydrogens is 424 g/mol. The fraction of sp³-hybridized carbons (Fsp3) is 0.350. The van der Waals surface area contributed by atoms with E-state index in [-0.39, 0.29) is 0 Å². The van der Waals surface area contributed by atoms with E-state index in [0.717, 1.165) is 33.3 Å². The topological polar surface area (TPSA) is 204 Å². The molecule has 0 saturated carbocycles. The summed E-state index contributed by atoms with van der Waals surface area (Å²) in [7, 11) is 0. The fourth-order valence-electron chi connectivity index (χ4n) is 3.36. The van der Waals surface area contributed by atoms with E-state index >= 15 is 0 Å². The molecule has 1 fully saturated rings. The molecule has 3 aromatic rings. The van der Waals surface area contributed by atoms with Gasteiger partial charge in [-0.15, -0.1) is 0 Å². The molecule has 2 aromatic heterocycles. The van der Waals surface area contributed by atoms with E-state index in [9.17, 15) is 24.6 Å². The van der Waals surface area contributed by atoms with Crippen LogP contribution in [0.2, 0.25) is 0 Å². The van der Waals surface area contributed by atoms with Gasteiger partial charge in [-0.3, -0.25) is 19.1 Å². The third-order valence-corrected chi connectivity index (χ3v) is 5.07. The van der Waals surface area contributed by atoms with Crippen LogP contribution in [0, 0.1) is 0 Å². The number of ether oxygens (including phenoxy) is 1. The lowest BCUT2D eigenvalue weighted by Crippen LogP contribution is -2.37. The lowest BCUT2D eigenvalue weighted by Gasteiger charge is -2.16. The second kappa shape index (κ2) is 9.89. The lowest BCUT2D eigenvalue weighted by atomic mass is 10.1. The van der Waals surface area contributed by atoms with E-state index < -0.39 is 54.4 Å². The van der Waals surface area contributed by atoms with E-state index in [4.69, 9.17) is 20.7 Å². The number of aromatic nitrogens is 3. The maximum absolute atomic E-state index is 11.4. The number of carboxylic acid groups (broad SMARTS) is 1. The van der Waals surface area contributed by atoms with Crippen molar-refractivity contribution in [2.45, 2.75) is 37.0 Å². The zero-order valence-electron chi connectivity index (χ0n) is 16.8. The number of hydrogen-bond acceptors (Lipinski definition) is 8. The molecule has 0 radical (unpaired) electrons. The van der Waals surface area contributed by atoms with Gasteiger partial charge < -0.3 is 35.9 Å². The molecule has 0 aliphatic carbocycles. The van der Waals surface area contributed by atoms with Gasteiger partial charge in [-0.2, -0.15) is 0 Å². The highest BCUT2D eigenvalue weighted by atomic mass is 16.6. The van der Waals surface area contributed by atoms with Crippen LogP contribution in [0.5, 0.6) is 0 Å². The summed E-state index contributed by atoms with van der Waals surface area (Å²) in [6.45, 7) is -0.479. The Bertz CT molecular complexity index is 1190. The molecule has 1 saturated heterocycles. The molecule has 1 aliphatic rings. The maximum atomic E-state index is 11.4. The van der Waals surface area contributed by atoms with Gasteiger partial charge in [0, 0.05) is 35.8 Å². The molecule has 0 spiro atoms. The smallest absolute Gasteiger partial charge is 0.330 e. The highest BCUT2D eigenvalue weighted by Crippen LogP contribution is 2.27. The molecule has 32 heavy (non-hydrogen) atoms. The first-order chi connectivity index (χ1) is 15.2. The predicted octanol–water partition coefficient (Wildman–Crippen LogP) is -1.73. The minimum Gasteiger partial charge on any atom is -0.480 e. The molecule has 12 nitrogen and oxygen atoms in total. The second-order valence-electron chi connectivity index (χ2n) is 7.25. The molecule has 0 amide bonds. The van der Waals surface area contributed by atoms with Gasteiger partial charge in [-0.25, -0.2) is 4.79 Å². The summed E-state index contributed by atoms with van der Waals surface area (Å²) in [6, 6.07) is 8.01. The highest BCUT2D eigenvalue weighted by molar-refractivity contribution is 5.84. The van der Waals surface area contributed by atoms with Crippen molar-refractivity contribution in [2.24, 2.45) is 5.73 Å². The molecule has 3 heterocycles. The molecule has 0 bridgehead atoms. The molecule has 8 N–H and O–H groups in total. The third kappa shape index (κ3) is 4.95. The van der Waals surface area contributed by atoms with Crippen LogP contribution in [0.1, 0.15) is 11.8 Å². The van der Waals surface area contributed by atoms with Gasteiger partial charge in [0.1, 0.15) is 24.4 Å². The normalized spacial score (nSPS) is 23.5. The second-order valence-corrected chi connectivity index (χ2v) is 7.25. The predicted molar refractivity (Wildman–Crippen MR) is 112 cm³/mol. The van der Waals surface area contributed by atoms with Crippen LogP contribution >= 0.6 is 0 Å². The average molecular weight is 448 g/mol. The Morgan fingerprint density at radius 3 is 2.53 bits per heavy atom. The molecular formula is C20H24N4O8. The lowest BCUT2D eigenvalue weighted by molar-refractivity contribution is -0.138. The van der Waals surface area contributed by atoms with Crippen LogP contribution < -0.4 is 17.0 Å². The number of carbonyl (C=O) groups is 1. The first-order valence-electron chi connectivity index (χ1n) is 9.70. The number of rotatable bonds is 5. The number of aliphatic hydroxyl groups excluding tert-OH is 3. The Morgan fingerprint density at radius 2 is 1.91 bits per heavy atom. The van der Waals surface area contributed by atoms with Crippen LogP contribution in [0.25, 0.3) is 10.9 Å². The SMILES string of the molecule is NC(Cc1c[nH]c2ccccc12)C(=O)O.O=c1ccn(C2OC(CO)C(O)C2O)c(=O)[nH]1. The quantitative estimate of drug-likeness (QED) is 0.236. The summed E-state index contributed by atoms with van der Waals surface area (Å²) in [4.78, 5) is 38.0. The Hall–Kier alpha value is -3.29. The number of aliphatic carboxylic acids is 1. The van der Waals surface area contributed by atoms with Gasteiger partial charge in [-0.05, 0) is 11.6 Å². The largest absolute Gasteiger partial charge is 0.480 e. The number of nitrogens with one attached hydrogen (secondary N) is 2. The summed E-state index contributed by atoms with van der Waals surface area (Å²) in [5, 5.41) is 37.8. The summed E-state index contributed by atoms with van der Waals surface area (Å²) >= 11 is 0. The zero-order chi connectivity index (χ0) is 23.4. The maximum Gasteiger partial charge on any atom is 0.330 e. The van der Waals surface area contributed by atoms with Crippen molar-refractivity contribution in [1.82, 2.24) is 14.5 Å². The minimum absolute atomic E-state index is 0.347. The summed E-state index contributed by atoms with van der Waals surface area (Å²) < 4.78 is 6.08.